The number of carbonyl (C=O) groups is 1. The van der Waals surface area contributed by atoms with E-state index in [9.17, 15) is 4.79 Å². The van der Waals surface area contributed by atoms with Crippen LogP contribution in [0.5, 0.6) is 11.5 Å². The number of pyridine rings is 1. The zero-order valence-corrected chi connectivity index (χ0v) is 15.9. The Labute approximate surface area is 163 Å². The maximum atomic E-state index is 13.4. The molecule has 1 saturated carbocycles. The highest BCUT2D eigenvalue weighted by atomic mass is 16.7. The van der Waals surface area contributed by atoms with E-state index in [0.717, 1.165) is 41.2 Å². The fourth-order valence-corrected chi connectivity index (χ4v) is 4.22. The molecular formula is C22H23N3O3. The molecule has 3 aromatic rings. The second-order valence-electron chi connectivity index (χ2n) is 7.58. The van der Waals surface area contributed by atoms with Crippen molar-refractivity contribution < 1.29 is 14.3 Å². The van der Waals surface area contributed by atoms with Gasteiger partial charge < -0.3 is 18.8 Å². The number of aryl methyl sites for hydroxylation is 1. The lowest BCUT2D eigenvalue weighted by molar-refractivity contribution is 0.0659. The van der Waals surface area contributed by atoms with E-state index >= 15 is 0 Å². The molecule has 0 N–H and O–H groups in total. The fraction of sp³-hybridized carbons (Fsp3) is 0.364. The molecule has 6 heteroatoms. The normalized spacial score (nSPS) is 16.0. The summed E-state index contributed by atoms with van der Waals surface area (Å²) in [5, 5.41) is 0. The lowest BCUT2D eigenvalue weighted by atomic mass is 10.1. The summed E-state index contributed by atoms with van der Waals surface area (Å²) in [5.41, 5.74) is 3.41. The van der Waals surface area contributed by atoms with Gasteiger partial charge in [0.2, 0.25) is 6.79 Å². The van der Waals surface area contributed by atoms with Gasteiger partial charge in [-0.2, -0.15) is 0 Å². The number of ether oxygens (including phenoxy) is 2. The van der Waals surface area contributed by atoms with E-state index in [1.165, 1.54) is 12.8 Å². The lowest BCUT2D eigenvalue weighted by Gasteiger charge is -2.28. The molecular weight excluding hydrogens is 354 g/mol. The van der Waals surface area contributed by atoms with E-state index in [1.807, 2.05) is 58.8 Å². The second kappa shape index (κ2) is 6.86. The van der Waals surface area contributed by atoms with Gasteiger partial charge in [0, 0.05) is 24.5 Å². The molecule has 1 aromatic carbocycles. The minimum absolute atomic E-state index is 0.00679. The van der Waals surface area contributed by atoms with Gasteiger partial charge >= 0.3 is 0 Å². The number of rotatable bonds is 4. The third-order valence-electron chi connectivity index (χ3n) is 5.73. The molecule has 1 fully saturated rings. The van der Waals surface area contributed by atoms with Gasteiger partial charge in [0.05, 0.1) is 0 Å². The fourth-order valence-electron chi connectivity index (χ4n) is 4.22. The average molecular weight is 377 g/mol. The van der Waals surface area contributed by atoms with Crippen LogP contribution in [-0.4, -0.2) is 33.0 Å². The van der Waals surface area contributed by atoms with Crippen molar-refractivity contribution in [3.63, 3.8) is 0 Å². The van der Waals surface area contributed by atoms with E-state index < -0.39 is 0 Å². The van der Waals surface area contributed by atoms with Crippen LogP contribution < -0.4 is 9.47 Å². The SMILES string of the molecule is Cc1cccc2nc(C(=O)N(Cc3ccc4c(c3)OCO4)C3CCCC3)cn12. The summed E-state index contributed by atoms with van der Waals surface area (Å²) < 4.78 is 12.9. The van der Waals surface area contributed by atoms with E-state index in [4.69, 9.17) is 9.47 Å². The standard InChI is InChI=1S/C22H23N3O3/c1-15-5-4-8-21-23-18(13-24(15)21)22(26)25(17-6-2-3-7-17)12-16-9-10-19-20(11-16)28-14-27-19/h4-5,8-11,13,17H,2-3,6-7,12,14H2,1H3. The van der Waals surface area contributed by atoms with Crippen LogP contribution in [0.15, 0.2) is 42.6 Å². The topological polar surface area (TPSA) is 56.1 Å². The Morgan fingerprint density at radius 2 is 2.00 bits per heavy atom. The Bertz CT molecular complexity index is 1040. The number of amides is 1. The molecule has 0 saturated heterocycles. The first-order valence-electron chi connectivity index (χ1n) is 9.83. The van der Waals surface area contributed by atoms with Crippen molar-refractivity contribution in [2.75, 3.05) is 6.79 Å². The Morgan fingerprint density at radius 1 is 1.18 bits per heavy atom. The van der Waals surface area contributed by atoms with Gasteiger partial charge in [-0.15, -0.1) is 0 Å². The minimum Gasteiger partial charge on any atom is -0.454 e. The molecule has 2 aromatic heterocycles. The summed E-state index contributed by atoms with van der Waals surface area (Å²) in [6.07, 6.45) is 6.28. The monoisotopic (exact) mass is 377 g/mol. The summed E-state index contributed by atoms with van der Waals surface area (Å²) in [4.78, 5) is 20.0. The van der Waals surface area contributed by atoms with Crippen molar-refractivity contribution in [2.45, 2.75) is 45.2 Å². The number of hydrogen-bond donors (Lipinski definition) is 0. The molecule has 5 rings (SSSR count). The summed E-state index contributed by atoms with van der Waals surface area (Å²) in [7, 11) is 0. The van der Waals surface area contributed by atoms with Crippen molar-refractivity contribution in [2.24, 2.45) is 0 Å². The second-order valence-corrected chi connectivity index (χ2v) is 7.58. The van der Waals surface area contributed by atoms with Crippen LogP contribution in [-0.2, 0) is 6.54 Å². The molecule has 0 spiro atoms. The summed E-state index contributed by atoms with van der Waals surface area (Å²) >= 11 is 0. The molecule has 1 aliphatic heterocycles. The lowest BCUT2D eigenvalue weighted by Crippen LogP contribution is -2.38. The predicted octanol–water partition coefficient (Wildman–Crippen LogP) is 3.96. The zero-order valence-electron chi connectivity index (χ0n) is 15.9. The van der Waals surface area contributed by atoms with E-state index in [-0.39, 0.29) is 18.7 Å². The minimum atomic E-state index is -0.00679. The molecule has 144 valence electrons. The molecule has 0 unspecified atom stereocenters. The van der Waals surface area contributed by atoms with Gasteiger partial charge in [0.15, 0.2) is 11.5 Å². The first kappa shape index (κ1) is 17.1. The van der Waals surface area contributed by atoms with Crippen LogP contribution in [0.25, 0.3) is 5.65 Å². The maximum Gasteiger partial charge on any atom is 0.274 e. The number of imidazole rings is 1. The highest BCUT2D eigenvalue weighted by molar-refractivity contribution is 5.93. The molecule has 28 heavy (non-hydrogen) atoms. The first-order valence-corrected chi connectivity index (χ1v) is 9.83. The first-order chi connectivity index (χ1) is 13.7. The molecule has 1 aliphatic carbocycles. The number of benzene rings is 1. The van der Waals surface area contributed by atoms with Crippen LogP contribution in [0.4, 0.5) is 0 Å². The number of fused-ring (bicyclic) bond motifs is 2. The number of aromatic nitrogens is 2. The largest absolute Gasteiger partial charge is 0.454 e. The van der Waals surface area contributed by atoms with Crippen molar-refractivity contribution in [1.82, 2.24) is 14.3 Å². The van der Waals surface area contributed by atoms with Gasteiger partial charge in [0.25, 0.3) is 5.91 Å². The van der Waals surface area contributed by atoms with Gasteiger partial charge in [-0.25, -0.2) is 4.98 Å². The van der Waals surface area contributed by atoms with Crippen molar-refractivity contribution in [3.8, 4) is 11.5 Å². The van der Waals surface area contributed by atoms with Crippen LogP contribution in [0.1, 0.15) is 47.4 Å². The zero-order chi connectivity index (χ0) is 19.1. The molecule has 3 heterocycles. The number of nitrogens with zero attached hydrogens (tertiary/aromatic N) is 3. The molecule has 1 amide bonds. The van der Waals surface area contributed by atoms with E-state index in [0.29, 0.717) is 12.2 Å². The molecule has 0 atom stereocenters. The molecule has 0 radical (unpaired) electrons. The van der Waals surface area contributed by atoms with Crippen LogP contribution >= 0.6 is 0 Å². The van der Waals surface area contributed by atoms with E-state index in [2.05, 4.69) is 4.98 Å². The summed E-state index contributed by atoms with van der Waals surface area (Å²) in [5.74, 6) is 1.51. The van der Waals surface area contributed by atoms with E-state index in [1.54, 1.807) is 0 Å². The number of hydrogen-bond acceptors (Lipinski definition) is 4. The Kier molecular flexibility index (Phi) is 4.19. The summed E-state index contributed by atoms with van der Waals surface area (Å²) in [6, 6.07) is 12.1. The molecule has 6 nitrogen and oxygen atoms in total. The highest BCUT2D eigenvalue weighted by Gasteiger charge is 2.29. The third kappa shape index (κ3) is 2.99. The van der Waals surface area contributed by atoms with Gasteiger partial charge in [0.1, 0.15) is 11.3 Å². The molecule has 2 aliphatic rings. The van der Waals surface area contributed by atoms with Crippen LogP contribution in [0, 0.1) is 6.92 Å². The van der Waals surface area contributed by atoms with Crippen LogP contribution in [0.3, 0.4) is 0 Å². The Hall–Kier alpha value is -3.02. The highest BCUT2D eigenvalue weighted by Crippen LogP contribution is 2.34. The summed E-state index contributed by atoms with van der Waals surface area (Å²) in [6.45, 7) is 2.82. The smallest absolute Gasteiger partial charge is 0.274 e. The van der Waals surface area contributed by atoms with Gasteiger partial charge in [-0.3, -0.25) is 4.79 Å². The predicted molar refractivity (Wildman–Crippen MR) is 105 cm³/mol. The maximum absolute atomic E-state index is 13.4. The average Bonchev–Trinajstić information content (AvgIpc) is 3.45. The number of carbonyl (C=O) groups excluding carboxylic acids is 1. The van der Waals surface area contributed by atoms with Crippen LogP contribution in [0.2, 0.25) is 0 Å². The quantitative estimate of drug-likeness (QED) is 0.691. The molecule has 0 bridgehead atoms. The Balaban J connectivity index is 1.47. The third-order valence-corrected chi connectivity index (χ3v) is 5.73. The Morgan fingerprint density at radius 3 is 2.82 bits per heavy atom. The van der Waals surface area contributed by atoms with Crippen molar-refractivity contribution in [1.29, 1.82) is 0 Å². The van der Waals surface area contributed by atoms with Crippen molar-refractivity contribution >= 4 is 11.6 Å². The van der Waals surface area contributed by atoms with Crippen molar-refractivity contribution in [3.05, 3.63) is 59.5 Å². The van der Waals surface area contributed by atoms with Gasteiger partial charge in [-0.05, 0) is 49.6 Å². The van der Waals surface area contributed by atoms with Gasteiger partial charge in [-0.1, -0.05) is 25.0 Å².